The molecule has 2 unspecified atom stereocenters. The second-order valence-electron chi connectivity index (χ2n) is 3.59. The van der Waals surface area contributed by atoms with Gasteiger partial charge in [-0.15, -0.1) is 0 Å². The first-order valence-corrected chi connectivity index (χ1v) is 6.47. The molecule has 0 aliphatic heterocycles. The lowest BCUT2D eigenvalue weighted by Crippen LogP contribution is -2.41. The van der Waals surface area contributed by atoms with E-state index in [1.54, 1.807) is 13.0 Å². The third-order valence-electron chi connectivity index (χ3n) is 2.40. The van der Waals surface area contributed by atoms with E-state index >= 15 is 0 Å². The summed E-state index contributed by atoms with van der Waals surface area (Å²) in [5, 5.41) is 21.2. The van der Waals surface area contributed by atoms with E-state index in [4.69, 9.17) is 5.11 Å². The van der Waals surface area contributed by atoms with Gasteiger partial charge in [-0.2, -0.15) is 11.8 Å². The van der Waals surface area contributed by atoms with Crippen LogP contribution < -0.4 is 5.32 Å². The summed E-state index contributed by atoms with van der Waals surface area (Å²) in [6.45, 7) is 1.78. The van der Waals surface area contributed by atoms with E-state index in [9.17, 15) is 9.90 Å². The van der Waals surface area contributed by atoms with Crippen LogP contribution in [0.3, 0.4) is 0 Å². The first kappa shape index (κ1) is 13.8. The highest BCUT2D eigenvalue weighted by Crippen LogP contribution is 2.14. The van der Waals surface area contributed by atoms with Crippen LogP contribution >= 0.6 is 11.8 Å². The summed E-state index contributed by atoms with van der Waals surface area (Å²) in [6.07, 6.45) is 3.30. The van der Waals surface area contributed by atoms with Crippen molar-refractivity contribution in [2.45, 2.75) is 18.2 Å². The average molecular weight is 256 g/mol. The smallest absolute Gasteiger partial charge is 0.273 e. The van der Waals surface area contributed by atoms with Crippen molar-refractivity contribution in [2.24, 2.45) is 0 Å². The van der Waals surface area contributed by atoms with E-state index in [0.29, 0.717) is 0 Å². The number of carbonyl (C=O) groups is 1. The SMILES string of the molecule is CSC(CO)C(C)NC(=O)c1ncccc1O. The van der Waals surface area contributed by atoms with Gasteiger partial charge in [0.1, 0.15) is 5.75 Å². The standard InChI is InChI=1S/C11H16N2O3S/c1-7(9(6-14)17-2)13-11(16)10-8(15)4-3-5-12-10/h3-5,7,9,14-15H,6H2,1-2H3,(H,13,16). The highest BCUT2D eigenvalue weighted by molar-refractivity contribution is 7.99. The fourth-order valence-electron chi connectivity index (χ4n) is 1.38. The van der Waals surface area contributed by atoms with E-state index in [-0.39, 0.29) is 29.3 Å². The molecule has 0 aliphatic carbocycles. The number of hydrogen-bond donors (Lipinski definition) is 3. The zero-order valence-corrected chi connectivity index (χ0v) is 10.6. The zero-order chi connectivity index (χ0) is 12.8. The second-order valence-corrected chi connectivity index (χ2v) is 4.67. The molecule has 1 heterocycles. The molecule has 0 spiro atoms. The zero-order valence-electron chi connectivity index (χ0n) is 9.75. The van der Waals surface area contributed by atoms with Crippen LogP contribution in [0.1, 0.15) is 17.4 Å². The Morgan fingerprint density at radius 2 is 2.35 bits per heavy atom. The number of aromatic nitrogens is 1. The summed E-state index contributed by atoms with van der Waals surface area (Å²) in [7, 11) is 0. The minimum Gasteiger partial charge on any atom is -0.505 e. The monoisotopic (exact) mass is 256 g/mol. The average Bonchev–Trinajstić information content (AvgIpc) is 2.31. The van der Waals surface area contributed by atoms with Crippen molar-refractivity contribution in [3.05, 3.63) is 24.0 Å². The number of thioether (sulfide) groups is 1. The molecule has 94 valence electrons. The van der Waals surface area contributed by atoms with Gasteiger partial charge in [-0.25, -0.2) is 4.98 Å². The predicted molar refractivity (Wildman–Crippen MR) is 67.2 cm³/mol. The van der Waals surface area contributed by atoms with Crippen molar-refractivity contribution >= 4 is 17.7 Å². The van der Waals surface area contributed by atoms with Gasteiger partial charge in [-0.05, 0) is 25.3 Å². The molecule has 1 rings (SSSR count). The molecule has 17 heavy (non-hydrogen) atoms. The summed E-state index contributed by atoms with van der Waals surface area (Å²) >= 11 is 1.47. The number of nitrogens with zero attached hydrogens (tertiary/aromatic N) is 1. The Bertz CT molecular complexity index is 383. The molecule has 0 fully saturated rings. The van der Waals surface area contributed by atoms with Crippen LogP contribution in [0.4, 0.5) is 0 Å². The number of pyridine rings is 1. The summed E-state index contributed by atoms with van der Waals surface area (Å²) in [5.41, 5.74) is -0.00265. The van der Waals surface area contributed by atoms with E-state index in [1.807, 2.05) is 6.26 Å². The van der Waals surface area contributed by atoms with Crippen LogP contribution in [-0.2, 0) is 0 Å². The van der Waals surface area contributed by atoms with Gasteiger partial charge >= 0.3 is 0 Å². The fraction of sp³-hybridized carbons (Fsp3) is 0.455. The number of amides is 1. The molecule has 1 aromatic heterocycles. The number of nitrogens with one attached hydrogen (secondary N) is 1. The van der Waals surface area contributed by atoms with Crippen LogP contribution in [0.2, 0.25) is 0 Å². The van der Waals surface area contributed by atoms with Crippen LogP contribution in [0.15, 0.2) is 18.3 Å². The van der Waals surface area contributed by atoms with Crippen molar-refractivity contribution in [3.63, 3.8) is 0 Å². The Morgan fingerprint density at radius 3 is 2.88 bits per heavy atom. The lowest BCUT2D eigenvalue weighted by molar-refractivity contribution is 0.0928. The normalized spacial score (nSPS) is 14.1. The van der Waals surface area contributed by atoms with Gasteiger partial charge in [0.2, 0.25) is 0 Å². The number of hydrogen-bond acceptors (Lipinski definition) is 5. The Kier molecular flexibility index (Phi) is 5.24. The Hall–Kier alpha value is -1.27. The predicted octanol–water partition coefficient (Wildman–Crippen LogP) is 0.629. The van der Waals surface area contributed by atoms with E-state index in [1.165, 1.54) is 24.0 Å². The van der Waals surface area contributed by atoms with Crippen molar-refractivity contribution in [1.29, 1.82) is 0 Å². The molecule has 0 aliphatic rings. The quantitative estimate of drug-likeness (QED) is 0.720. The summed E-state index contributed by atoms with van der Waals surface area (Å²) in [4.78, 5) is 15.6. The van der Waals surface area contributed by atoms with Crippen molar-refractivity contribution in [1.82, 2.24) is 10.3 Å². The van der Waals surface area contributed by atoms with Crippen LogP contribution in [0.25, 0.3) is 0 Å². The summed E-state index contributed by atoms with van der Waals surface area (Å²) < 4.78 is 0. The van der Waals surface area contributed by atoms with Gasteiger partial charge in [0, 0.05) is 17.5 Å². The first-order chi connectivity index (χ1) is 8.10. The third kappa shape index (κ3) is 3.61. The maximum absolute atomic E-state index is 11.8. The number of aliphatic hydroxyl groups is 1. The molecular formula is C11H16N2O3S. The molecular weight excluding hydrogens is 240 g/mol. The largest absolute Gasteiger partial charge is 0.505 e. The number of aromatic hydroxyl groups is 1. The van der Waals surface area contributed by atoms with Gasteiger partial charge in [0.25, 0.3) is 5.91 Å². The van der Waals surface area contributed by atoms with E-state index in [2.05, 4.69) is 10.3 Å². The minimum atomic E-state index is -0.442. The lowest BCUT2D eigenvalue weighted by Gasteiger charge is -2.21. The van der Waals surface area contributed by atoms with Crippen molar-refractivity contribution in [2.75, 3.05) is 12.9 Å². The summed E-state index contributed by atoms with van der Waals surface area (Å²) in [6, 6.07) is 2.75. The molecule has 0 radical (unpaired) electrons. The molecule has 0 aromatic carbocycles. The first-order valence-electron chi connectivity index (χ1n) is 5.18. The molecule has 5 nitrogen and oxygen atoms in total. The van der Waals surface area contributed by atoms with Crippen molar-refractivity contribution < 1.29 is 15.0 Å². The van der Waals surface area contributed by atoms with Crippen LogP contribution in [-0.4, -0.2) is 45.3 Å². The van der Waals surface area contributed by atoms with Gasteiger partial charge in [0.05, 0.1) is 6.61 Å². The molecule has 2 atom stereocenters. The second kappa shape index (κ2) is 6.46. The number of aliphatic hydroxyl groups excluding tert-OH is 1. The minimum absolute atomic E-state index is 0.00265. The molecule has 1 aromatic rings. The molecule has 0 bridgehead atoms. The van der Waals surface area contributed by atoms with Gasteiger partial charge < -0.3 is 15.5 Å². The maximum Gasteiger partial charge on any atom is 0.273 e. The molecule has 0 saturated heterocycles. The highest BCUT2D eigenvalue weighted by Gasteiger charge is 2.20. The molecule has 3 N–H and O–H groups in total. The molecule has 0 saturated carbocycles. The number of rotatable bonds is 5. The Balaban J connectivity index is 2.70. The van der Waals surface area contributed by atoms with E-state index in [0.717, 1.165) is 0 Å². The fourth-order valence-corrected chi connectivity index (χ4v) is 2.00. The highest BCUT2D eigenvalue weighted by atomic mass is 32.2. The maximum atomic E-state index is 11.8. The Labute approximate surface area is 104 Å². The van der Waals surface area contributed by atoms with Gasteiger partial charge in [0.15, 0.2) is 5.69 Å². The molecule has 1 amide bonds. The van der Waals surface area contributed by atoms with Crippen LogP contribution in [0, 0.1) is 0 Å². The third-order valence-corrected chi connectivity index (χ3v) is 3.56. The van der Waals surface area contributed by atoms with Gasteiger partial charge in [-0.1, -0.05) is 0 Å². The van der Waals surface area contributed by atoms with Crippen LogP contribution in [0.5, 0.6) is 5.75 Å². The van der Waals surface area contributed by atoms with Gasteiger partial charge in [-0.3, -0.25) is 4.79 Å². The number of carbonyl (C=O) groups excluding carboxylic acids is 1. The topological polar surface area (TPSA) is 82.5 Å². The summed E-state index contributed by atoms with van der Waals surface area (Å²) in [5.74, 6) is -0.593. The van der Waals surface area contributed by atoms with Crippen molar-refractivity contribution in [3.8, 4) is 5.75 Å². The molecule has 6 heteroatoms. The lowest BCUT2D eigenvalue weighted by atomic mass is 10.2. The Morgan fingerprint density at radius 1 is 1.65 bits per heavy atom. The van der Waals surface area contributed by atoms with E-state index < -0.39 is 5.91 Å².